The molecule has 2 heterocycles. The number of fused-ring (bicyclic) bond motifs is 2. The fourth-order valence-corrected chi connectivity index (χ4v) is 4.85. The summed E-state index contributed by atoms with van der Waals surface area (Å²) in [7, 11) is 1.74. The molecular weight excluding hydrogens is 282 g/mol. The zero-order chi connectivity index (χ0) is 14.8. The van der Waals surface area contributed by atoms with Crippen LogP contribution >= 0.6 is 11.3 Å². The van der Waals surface area contributed by atoms with Gasteiger partial charge >= 0.3 is 0 Å². The Labute approximate surface area is 131 Å². The van der Waals surface area contributed by atoms with Crippen LogP contribution in [-0.4, -0.2) is 37.8 Å². The minimum atomic E-state index is 0.494. The van der Waals surface area contributed by atoms with Crippen molar-refractivity contribution in [1.29, 1.82) is 0 Å². The summed E-state index contributed by atoms with van der Waals surface area (Å²) in [4.78, 5) is 8.96. The second-order valence-corrected chi connectivity index (χ2v) is 7.68. The maximum Gasteiger partial charge on any atom is 0.186 e. The number of anilines is 1. The number of thiazole rings is 1. The molecule has 0 spiro atoms. The van der Waals surface area contributed by atoms with Crippen molar-refractivity contribution in [3.05, 3.63) is 10.6 Å². The summed E-state index contributed by atoms with van der Waals surface area (Å²) in [5, 5.41) is 4.72. The SMILES string of the molecule is COCCNCc1sc(N2CC3CCC2C3)nc1C(C)C. The number of hydrogen-bond donors (Lipinski definition) is 1. The average Bonchev–Trinajstić information content (AvgIpc) is 3.17. The van der Waals surface area contributed by atoms with Crippen molar-refractivity contribution in [2.24, 2.45) is 5.92 Å². The fraction of sp³-hybridized carbons (Fsp3) is 0.812. The van der Waals surface area contributed by atoms with Crippen molar-refractivity contribution >= 4 is 16.5 Å². The van der Waals surface area contributed by atoms with E-state index in [0.717, 1.165) is 31.7 Å². The van der Waals surface area contributed by atoms with E-state index in [2.05, 4.69) is 24.1 Å². The van der Waals surface area contributed by atoms with E-state index in [1.807, 2.05) is 11.3 Å². The summed E-state index contributed by atoms with van der Waals surface area (Å²) in [5.74, 6) is 1.42. The number of piperidine rings is 1. The average molecular weight is 309 g/mol. The minimum Gasteiger partial charge on any atom is -0.383 e. The first-order chi connectivity index (χ1) is 10.2. The summed E-state index contributed by atoms with van der Waals surface area (Å²) in [6, 6.07) is 0.760. The molecule has 0 aromatic carbocycles. The third-order valence-electron chi connectivity index (χ3n) is 4.69. The predicted octanol–water partition coefficient (Wildman–Crippen LogP) is 2.99. The van der Waals surface area contributed by atoms with Gasteiger partial charge in [0.2, 0.25) is 0 Å². The lowest BCUT2D eigenvalue weighted by Gasteiger charge is -2.26. The molecule has 2 bridgehead atoms. The van der Waals surface area contributed by atoms with Gasteiger partial charge in [-0.15, -0.1) is 11.3 Å². The molecule has 1 N–H and O–H groups in total. The van der Waals surface area contributed by atoms with E-state index in [1.165, 1.54) is 41.5 Å². The van der Waals surface area contributed by atoms with Crippen LogP contribution in [0, 0.1) is 5.92 Å². The van der Waals surface area contributed by atoms with Gasteiger partial charge in [0.25, 0.3) is 0 Å². The van der Waals surface area contributed by atoms with Crippen molar-refractivity contribution < 1.29 is 4.74 Å². The number of ether oxygens (including phenoxy) is 1. The van der Waals surface area contributed by atoms with Crippen molar-refractivity contribution in [3.63, 3.8) is 0 Å². The van der Waals surface area contributed by atoms with Crippen LogP contribution in [0.25, 0.3) is 0 Å². The van der Waals surface area contributed by atoms with Crippen LogP contribution in [0.2, 0.25) is 0 Å². The Balaban J connectivity index is 1.70. The van der Waals surface area contributed by atoms with Gasteiger partial charge in [0.15, 0.2) is 5.13 Å². The summed E-state index contributed by atoms with van der Waals surface area (Å²) in [5.41, 5.74) is 1.28. The summed E-state index contributed by atoms with van der Waals surface area (Å²) in [6.07, 6.45) is 4.18. The van der Waals surface area contributed by atoms with Crippen molar-refractivity contribution in [2.75, 3.05) is 31.7 Å². The molecular formula is C16H27N3OS. The molecule has 1 aliphatic carbocycles. The van der Waals surface area contributed by atoms with Gasteiger partial charge in [-0.05, 0) is 31.1 Å². The van der Waals surface area contributed by atoms with E-state index in [1.54, 1.807) is 7.11 Å². The zero-order valence-corrected chi connectivity index (χ0v) is 14.2. The van der Waals surface area contributed by atoms with Gasteiger partial charge in [0.1, 0.15) is 0 Å². The predicted molar refractivity (Wildman–Crippen MR) is 88.3 cm³/mol. The number of nitrogens with zero attached hydrogens (tertiary/aromatic N) is 2. The monoisotopic (exact) mass is 309 g/mol. The van der Waals surface area contributed by atoms with Gasteiger partial charge in [0, 0.05) is 37.7 Å². The van der Waals surface area contributed by atoms with E-state index < -0.39 is 0 Å². The highest BCUT2D eigenvalue weighted by molar-refractivity contribution is 7.15. The highest BCUT2D eigenvalue weighted by Crippen LogP contribution is 2.42. The third-order valence-corrected chi connectivity index (χ3v) is 5.79. The zero-order valence-electron chi connectivity index (χ0n) is 13.4. The van der Waals surface area contributed by atoms with Crippen LogP contribution < -0.4 is 10.2 Å². The molecule has 0 radical (unpaired) electrons. The smallest absolute Gasteiger partial charge is 0.186 e. The lowest BCUT2D eigenvalue weighted by atomic mass is 10.1. The van der Waals surface area contributed by atoms with E-state index in [4.69, 9.17) is 9.72 Å². The summed E-state index contributed by atoms with van der Waals surface area (Å²) in [6.45, 7) is 8.29. The fourth-order valence-electron chi connectivity index (χ4n) is 3.59. The molecule has 3 rings (SSSR count). The lowest BCUT2D eigenvalue weighted by Crippen LogP contribution is -2.31. The molecule has 2 fully saturated rings. The van der Waals surface area contributed by atoms with E-state index in [-0.39, 0.29) is 0 Å². The van der Waals surface area contributed by atoms with Gasteiger partial charge in [0.05, 0.1) is 12.3 Å². The summed E-state index contributed by atoms with van der Waals surface area (Å²) < 4.78 is 5.09. The number of rotatable bonds is 7. The largest absolute Gasteiger partial charge is 0.383 e. The molecule has 2 atom stereocenters. The Morgan fingerprint density at radius 3 is 2.90 bits per heavy atom. The van der Waals surface area contributed by atoms with Crippen LogP contribution in [0.15, 0.2) is 0 Å². The van der Waals surface area contributed by atoms with Gasteiger partial charge in [-0.3, -0.25) is 0 Å². The molecule has 118 valence electrons. The minimum absolute atomic E-state index is 0.494. The Hall–Kier alpha value is -0.650. The Bertz CT molecular complexity index is 474. The van der Waals surface area contributed by atoms with Crippen LogP contribution in [-0.2, 0) is 11.3 Å². The van der Waals surface area contributed by atoms with E-state index >= 15 is 0 Å². The Morgan fingerprint density at radius 2 is 2.29 bits per heavy atom. The highest BCUT2D eigenvalue weighted by Gasteiger charge is 2.39. The number of methoxy groups -OCH3 is 1. The van der Waals surface area contributed by atoms with Gasteiger partial charge in [-0.25, -0.2) is 4.98 Å². The second kappa shape index (κ2) is 6.63. The highest BCUT2D eigenvalue weighted by atomic mass is 32.1. The van der Waals surface area contributed by atoms with E-state index in [0.29, 0.717) is 5.92 Å². The number of aromatic nitrogens is 1. The second-order valence-electron chi connectivity index (χ2n) is 6.61. The first kappa shape index (κ1) is 15.3. The van der Waals surface area contributed by atoms with Crippen LogP contribution in [0.5, 0.6) is 0 Å². The van der Waals surface area contributed by atoms with Crippen LogP contribution in [0.3, 0.4) is 0 Å². The van der Waals surface area contributed by atoms with Gasteiger partial charge < -0.3 is 15.0 Å². The molecule has 1 aliphatic heterocycles. The molecule has 1 aromatic heterocycles. The molecule has 4 nitrogen and oxygen atoms in total. The van der Waals surface area contributed by atoms with Crippen molar-refractivity contribution in [1.82, 2.24) is 10.3 Å². The lowest BCUT2D eigenvalue weighted by molar-refractivity contribution is 0.199. The van der Waals surface area contributed by atoms with Crippen LogP contribution in [0.1, 0.15) is 49.6 Å². The summed E-state index contributed by atoms with van der Waals surface area (Å²) >= 11 is 1.89. The maximum absolute atomic E-state index is 5.09. The number of hydrogen-bond acceptors (Lipinski definition) is 5. The molecule has 2 unspecified atom stereocenters. The first-order valence-corrected chi connectivity index (χ1v) is 8.96. The molecule has 1 aromatic rings. The quantitative estimate of drug-likeness (QED) is 0.786. The Morgan fingerprint density at radius 1 is 1.43 bits per heavy atom. The molecule has 1 saturated carbocycles. The maximum atomic E-state index is 5.09. The molecule has 21 heavy (non-hydrogen) atoms. The van der Waals surface area contributed by atoms with Gasteiger partial charge in [-0.1, -0.05) is 13.8 Å². The molecule has 0 amide bonds. The normalized spacial score (nSPS) is 24.5. The number of nitrogens with one attached hydrogen (secondary N) is 1. The first-order valence-electron chi connectivity index (χ1n) is 8.15. The Kier molecular flexibility index (Phi) is 4.82. The van der Waals surface area contributed by atoms with E-state index in [9.17, 15) is 0 Å². The molecule has 2 aliphatic rings. The topological polar surface area (TPSA) is 37.4 Å². The molecule has 1 saturated heterocycles. The van der Waals surface area contributed by atoms with Gasteiger partial charge in [-0.2, -0.15) is 0 Å². The van der Waals surface area contributed by atoms with Crippen molar-refractivity contribution in [3.8, 4) is 0 Å². The van der Waals surface area contributed by atoms with Crippen LogP contribution in [0.4, 0.5) is 5.13 Å². The standard InChI is InChI=1S/C16H27N3OS/c1-11(2)15-14(9-17-6-7-20-3)21-16(18-15)19-10-12-4-5-13(19)8-12/h11-13,17H,4-10H2,1-3H3. The van der Waals surface area contributed by atoms with Crippen molar-refractivity contribution in [2.45, 2.75) is 51.6 Å². The molecule has 5 heteroatoms. The third kappa shape index (κ3) is 3.25.